The fourth-order valence-electron chi connectivity index (χ4n) is 0. The third-order valence-corrected chi connectivity index (χ3v) is 0. The number of rotatable bonds is 0. The minimum Gasteiger partial charge on any atom is -0.0776 e. The van der Waals surface area contributed by atoms with Gasteiger partial charge in [-0.25, -0.2) is 0 Å². The van der Waals surface area contributed by atoms with Crippen LogP contribution in [0.25, 0.3) is 0 Å². The molecule has 0 radical (unpaired) electrons. The fourth-order valence-corrected chi connectivity index (χ4v) is 0. The summed E-state index contributed by atoms with van der Waals surface area (Å²) in [6.45, 7) is 25.2. The lowest BCUT2D eigenvalue weighted by molar-refractivity contribution is 0.736. The standard InChI is InChI=1S/2C4H10.C3H8.2C2H6.2CH4/c2*1-4(2)3;1-3-2;2*1-2;;/h2*4H,1-3H3;3H2,1-2H3;2*1-2H3;2*1H4. The van der Waals surface area contributed by atoms with E-state index in [1.54, 1.807) is 0 Å². The monoisotopic (exact) mass is 252 g/mol. The summed E-state index contributed by atoms with van der Waals surface area (Å²) < 4.78 is 0. The van der Waals surface area contributed by atoms with Crippen LogP contribution in [0.2, 0.25) is 0 Å². The topological polar surface area (TPSA) is 0 Å². The summed E-state index contributed by atoms with van der Waals surface area (Å²) in [5.74, 6) is 1.67. The zero-order valence-electron chi connectivity index (χ0n) is 13.9. The highest BCUT2D eigenvalue weighted by atomic mass is 13.7. The van der Waals surface area contributed by atoms with Gasteiger partial charge in [0.25, 0.3) is 0 Å². The SMILES string of the molecule is C.C.CC.CC.CC(C)C.CC(C)C.CCC. The van der Waals surface area contributed by atoms with E-state index in [2.05, 4.69) is 55.4 Å². The van der Waals surface area contributed by atoms with Crippen LogP contribution in [0.15, 0.2) is 0 Å². The highest BCUT2D eigenvalue weighted by Gasteiger charge is 1.68. The normalized spacial score (nSPS) is 6.00. The first kappa shape index (κ1) is 43.5. The van der Waals surface area contributed by atoms with Crippen LogP contribution in [0.4, 0.5) is 0 Å². The van der Waals surface area contributed by atoms with Crippen molar-refractivity contribution in [2.24, 2.45) is 11.8 Å². The summed E-state index contributed by atoms with van der Waals surface area (Å²) in [5.41, 5.74) is 0. The smallest absolute Gasteiger partial charge is 0.0500 e. The molecule has 0 saturated heterocycles. The Kier molecular flexibility index (Phi) is 188. The van der Waals surface area contributed by atoms with Gasteiger partial charge in [-0.3, -0.25) is 0 Å². The first-order valence-corrected chi connectivity index (χ1v) is 6.88. The molecule has 0 aromatic rings. The van der Waals surface area contributed by atoms with E-state index in [0.717, 1.165) is 11.8 Å². The van der Waals surface area contributed by atoms with Gasteiger partial charge in [0.2, 0.25) is 0 Å². The van der Waals surface area contributed by atoms with Crippen LogP contribution in [0, 0.1) is 11.8 Å². The lowest BCUT2D eigenvalue weighted by atomic mass is 10.3. The molecule has 0 rings (SSSR count). The van der Waals surface area contributed by atoms with Gasteiger partial charge in [0.15, 0.2) is 0 Å². The number of hydrogen-bond acceptors (Lipinski definition) is 0. The predicted octanol–water partition coefficient (Wildman–Crippen LogP) is 8.07. The first-order valence-electron chi connectivity index (χ1n) is 6.88. The molecular formula is C17H48. The highest BCUT2D eigenvalue weighted by Crippen LogP contribution is 1.81. The van der Waals surface area contributed by atoms with Crippen molar-refractivity contribution in [3.8, 4) is 0 Å². The van der Waals surface area contributed by atoms with Crippen molar-refractivity contribution in [2.45, 2.75) is 104 Å². The second-order valence-electron chi connectivity index (χ2n) is 4.17. The summed E-state index contributed by atoms with van der Waals surface area (Å²) in [4.78, 5) is 0. The van der Waals surface area contributed by atoms with Crippen LogP contribution in [-0.2, 0) is 0 Å². The third kappa shape index (κ3) is 0. The summed E-state index contributed by atoms with van der Waals surface area (Å²) in [5, 5.41) is 0. The van der Waals surface area contributed by atoms with E-state index >= 15 is 0 Å². The van der Waals surface area contributed by atoms with Crippen molar-refractivity contribution < 1.29 is 0 Å². The van der Waals surface area contributed by atoms with E-state index in [1.165, 1.54) is 6.42 Å². The Balaban J connectivity index is -0.0000000148. The largest absolute Gasteiger partial charge is 0.0776 e. The zero-order chi connectivity index (χ0) is 13.9. The van der Waals surface area contributed by atoms with Crippen molar-refractivity contribution in [2.75, 3.05) is 0 Å². The molecule has 0 heteroatoms. The molecule has 0 bridgehead atoms. The van der Waals surface area contributed by atoms with Crippen LogP contribution < -0.4 is 0 Å². The van der Waals surface area contributed by atoms with E-state index in [4.69, 9.17) is 0 Å². The van der Waals surface area contributed by atoms with Gasteiger partial charge in [-0.1, -0.05) is 104 Å². The second kappa shape index (κ2) is 73.5. The molecule has 0 heterocycles. The Morgan fingerprint density at radius 2 is 0.529 bits per heavy atom. The van der Waals surface area contributed by atoms with E-state index < -0.39 is 0 Å². The van der Waals surface area contributed by atoms with Crippen LogP contribution in [-0.4, -0.2) is 0 Å². The molecule has 0 aliphatic heterocycles. The molecule has 0 saturated carbocycles. The summed E-state index contributed by atoms with van der Waals surface area (Å²) in [6.07, 6.45) is 1.25. The maximum Gasteiger partial charge on any atom is -0.0500 e. The minimum absolute atomic E-state index is 0. The highest BCUT2D eigenvalue weighted by molar-refractivity contribution is 4.21. The van der Waals surface area contributed by atoms with Gasteiger partial charge in [0.05, 0.1) is 0 Å². The van der Waals surface area contributed by atoms with Crippen molar-refractivity contribution in [3.05, 3.63) is 0 Å². The van der Waals surface area contributed by atoms with Crippen LogP contribution >= 0.6 is 0 Å². The Morgan fingerprint density at radius 1 is 0.529 bits per heavy atom. The third-order valence-electron chi connectivity index (χ3n) is 0. The molecule has 0 spiro atoms. The van der Waals surface area contributed by atoms with Crippen molar-refractivity contribution in [1.29, 1.82) is 0 Å². The molecule has 0 fully saturated rings. The molecule has 17 heavy (non-hydrogen) atoms. The first-order chi connectivity index (χ1) is 6.88. The van der Waals surface area contributed by atoms with E-state index in [-0.39, 0.29) is 14.9 Å². The summed E-state index contributed by atoms with van der Waals surface area (Å²) >= 11 is 0. The molecule has 0 aromatic carbocycles. The fraction of sp³-hybridized carbons (Fsp3) is 1.00. The molecule has 0 unspecified atom stereocenters. The van der Waals surface area contributed by atoms with Crippen molar-refractivity contribution in [1.82, 2.24) is 0 Å². The summed E-state index contributed by atoms with van der Waals surface area (Å²) in [7, 11) is 0. The van der Waals surface area contributed by atoms with Crippen molar-refractivity contribution in [3.63, 3.8) is 0 Å². The molecule has 0 aliphatic carbocycles. The maximum absolute atomic E-state index is 2.17. The second-order valence-corrected chi connectivity index (χ2v) is 4.17. The Bertz CT molecular complexity index is 23.8. The lowest BCUT2D eigenvalue weighted by Gasteiger charge is -1.79. The molecule has 116 valence electrons. The average molecular weight is 253 g/mol. The Morgan fingerprint density at radius 3 is 0.529 bits per heavy atom. The molecule has 0 amide bonds. The van der Waals surface area contributed by atoms with Gasteiger partial charge in [-0.15, -0.1) is 0 Å². The molecule has 0 aromatic heterocycles. The molecule has 0 atom stereocenters. The molecule has 0 N–H and O–H groups in total. The zero-order valence-corrected chi connectivity index (χ0v) is 13.9. The van der Waals surface area contributed by atoms with Crippen LogP contribution in [0.1, 0.15) is 104 Å². The molecule has 0 aliphatic rings. The summed E-state index contributed by atoms with van der Waals surface area (Å²) in [6, 6.07) is 0. The van der Waals surface area contributed by atoms with Gasteiger partial charge in [0.1, 0.15) is 0 Å². The maximum atomic E-state index is 2.17. The van der Waals surface area contributed by atoms with Gasteiger partial charge in [-0.2, -0.15) is 0 Å². The quantitative estimate of drug-likeness (QED) is 0.409. The van der Waals surface area contributed by atoms with Crippen molar-refractivity contribution >= 4 is 0 Å². The predicted molar refractivity (Wildman–Crippen MR) is 93.1 cm³/mol. The van der Waals surface area contributed by atoms with Gasteiger partial charge in [-0.05, 0) is 11.8 Å². The van der Waals surface area contributed by atoms with E-state index in [9.17, 15) is 0 Å². The average Bonchev–Trinajstić information content (AvgIpc) is 2.09. The van der Waals surface area contributed by atoms with E-state index in [1.807, 2.05) is 27.7 Å². The van der Waals surface area contributed by atoms with Gasteiger partial charge < -0.3 is 0 Å². The number of hydrogen-bond donors (Lipinski definition) is 0. The minimum atomic E-state index is 0. The van der Waals surface area contributed by atoms with Gasteiger partial charge >= 0.3 is 0 Å². The Hall–Kier alpha value is 0. The van der Waals surface area contributed by atoms with Gasteiger partial charge in [0, 0.05) is 0 Å². The lowest BCUT2D eigenvalue weighted by Crippen LogP contribution is -1.66. The molecular weight excluding hydrogens is 204 g/mol. The van der Waals surface area contributed by atoms with Crippen LogP contribution in [0.5, 0.6) is 0 Å². The van der Waals surface area contributed by atoms with E-state index in [0.29, 0.717) is 0 Å². The Labute approximate surface area is 117 Å². The molecule has 0 nitrogen and oxygen atoms in total. The van der Waals surface area contributed by atoms with Crippen LogP contribution in [0.3, 0.4) is 0 Å².